The predicted octanol–water partition coefficient (Wildman–Crippen LogP) is 2.80. The van der Waals surface area contributed by atoms with Crippen LogP contribution in [0.5, 0.6) is 0 Å². The van der Waals surface area contributed by atoms with Crippen molar-refractivity contribution in [2.75, 3.05) is 5.32 Å². The SMILES string of the molecule is O=C(NCc1ccsc1)C(=O)Nc1ccc(F)c(Cl)c1. The van der Waals surface area contributed by atoms with Gasteiger partial charge in [-0.1, -0.05) is 11.6 Å². The summed E-state index contributed by atoms with van der Waals surface area (Å²) in [7, 11) is 0. The van der Waals surface area contributed by atoms with Gasteiger partial charge in [-0.2, -0.15) is 11.3 Å². The van der Waals surface area contributed by atoms with Crippen molar-refractivity contribution in [1.29, 1.82) is 0 Å². The third-order valence-electron chi connectivity index (χ3n) is 2.42. The predicted molar refractivity (Wildman–Crippen MR) is 76.2 cm³/mol. The van der Waals surface area contributed by atoms with Gasteiger partial charge in [-0.15, -0.1) is 0 Å². The van der Waals surface area contributed by atoms with Crippen molar-refractivity contribution in [3.63, 3.8) is 0 Å². The van der Waals surface area contributed by atoms with E-state index < -0.39 is 17.6 Å². The highest BCUT2D eigenvalue weighted by Gasteiger charge is 2.14. The summed E-state index contributed by atoms with van der Waals surface area (Å²) >= 11 is 7.08. The van der Waals surface area contributed by atoms with Crippen LogP contribution in [0.2, 0.25) is 5.02 Å². The Kier molecular flexibility index (Phi) is 4.70. The van der Waals surface area contributed by atoms with Crippen LogP contribution < -0.4 is 10.6 Å². The van der Waals surface area contributed by atoms with E-state index in [9.17, 15) is 14.0 Å². The van der Waals surface area contributed by atoms with Gasteiger partial charge < -0.3 is 10.6 Å². The molecular weight excluding hydrogens is 303 g/mol. The summed E-state index contributed by atoms with van der Waals surface area (Å²) < 4.78 is 12.9. The van der Waals surface area contributed by atoms with E-state index in [4.69, 9.17) is 11.6 Å². The molecule has 104 valence electrons. The molecule has 1 aromatic heterocycles. The summed E-state index contributed by atoms with van der Waals surface area (Å²) in [4.78, 5) is 23.2. The Labute approximate surface area is 123 Å². The van der Waals surface area contributed by atoms with Crippen molar-refractivity contribution in [2.24, 2.45) is 0 Å². The topological polar surface area (TPSA) is 58.2 Å². The van der Waals surface area contributed by atoms with Crippen molar-refractivity contribution in [2.45, 2.75) is 6.54 Å². The number of carbonyl (C=O) groups is 2. The van der Waals surface area contributed by atoms with E-state index in [1.807, 2.05) is 16.8 Å². The highest BCUT2D eigenvalue weighted by molar-refractivity contribution is 7.07. The minimum absolute atomic E-state index is 0.124. The molecule has 0 unspecified atom stereocenters. The molecule has 0 saturated carbocycles. The van der Waals surface area contributed by atoms with Gasteiger partial charge in [0.05, 0.1) is 5.02 Å². The third kappa shape index (κ3) is 3.79. The molecule has 4 nitrogen and oxygen atoms in total. The number of hydrogen-bond donors (Lipinski definition) is 2. The summed E-state index contributed by atoms with van der Waals surface area (Å²) in [6, 6.07) is 5.52. The molecule has 1 heterocycles. The number of rotatable bonds is 3. The number of amides is 2. The highest BCUT2D eigenvalue weighted by atomic mass is 35.5. The average molecular weight is 313 g/mol. The Morgan fingerprint density at radius 3 is 2.70 bits per heavy atom. The van der Waals surface area contributed by atoms with E-state index >= 15 is 0 Å². The van der Waals surface area contributed by atoms with Gasteiger partial charge in [-0.25, -0.2) is 4.39 Å². The van der Waals surface area contributed by atoms with Gasteiger partial charge in [-0.05, 0) is 40.6 Å². The van der Waals surface area contributed by atoms with Gasteiger partial charge in [0, 0.05) is 12.2 Å². The summed E-state index contributed by atoms with van der Waals surface area (Å²) in [5.74, 6) is -2.19. The Morgan fingerprint density at radius 1 is 1.25 bits per heavy atom. The molecule has 20 heavy (non-hydrogen) atoms. The molecule has 0 bridgehead atoms. The molecule has 2 N–H and O–H groups in total. The van der Waals surface area contributed by atoms with Gasteiger partial charge >= 0.3 is 11.8 Å². The summed E-state index contributed by atoms with van der Waals surface area (Å²) in [6.45, 7) is 0.278. The minimum atomic E-state index is -0.831. The standard InChI is InChI=1S/C13H10ClFN2O2S/c14-10-5-9(1-2-11(10)15)17-13(19)12(18)16-6-8-3-4-20-7-8/h1-5,7H,6H2,(H,16,18)(H,17,19). The lowest BCUT2D eigenvalue weighted by Crippen LogP contribution is -2.34. The van der Waals surface area contributed by atoms with Crippen LogP contribution in [-0.2, 0) is 16.1 Å². The van der Waals surface area contributed by atoms with E-state index in [2.05, 4.69) is 10.6 Å². The first-order valence-corrected chi connectivity index (χ1v) is 6.93. The fraction of sp³-hybridized carbons (Fsp3) is 0.0769. The van der Waals surface area contributed by atoms with Crippen LogP contribution in [0.3, 0.4) is 0 Å². The lowest BCUT2D eigenvalue weighted by atomic mass is 10.3. The maximum absolute atomic E-state index is 12.9. The van der Waals surface area contributed by atoms with Crippen LogP contribution in [-0.4, -0.2) is 11.8 Å². The summed E-state index contributed by atoms with van der Waals surface area (Å²) in [5, 5.41) is 8.45. The Hall–Kier alpha value is -1.92. The van der Waals surface area contributed by atoms with Crippen molar-refractivity contribution in [3.8, 4) is 0 Å². The largest absolute Gasteiger partial charge is 0.344 e. The zero-order chi connectivity index (χ0) is 14.5. The first-order chi connectivity index (χ1) is 9.56. The van der Waals surface area contributed by atoms with E-state index in [1.165, 1.54) is 23.5 Å². The van der Waals surface area contributed by atoms with E-state index in [0.29, 0.717) is 0 Å². The minimum Gasteiger partial charge on any atom is -0.344 e. The number of anilines is 1. The molecule has 1 aromatic carbocycles. The number of benzene rings is 1. The molecule has 0 aliphatic rings. The van der Waals surface area contributed by atoms with Crippen LogP contribution in [0.4, 0.5) is 10.1 Å². The number of halogens is 2. The summed E-state index contributed by atoms with van der Waals surface area (Å²) in [6.07, 6.45) is 0. The molecule has 0 spiro atoms. The van der Waals surface area contributed by atoms with Crippen LogP contribution >= 0.6 is 22.9 Å². The molecule has 0 radical (unpaired) electrons. The normalized spacial score (nSPS) is 10.1. The number of hydrogen-bond acceptors (Lipinski definition) is 3. The fourth-order valence-electron chi connectivity index (χ4n) is 1.42. The van der Waals surface area contributed by atoms with Crippen molar-refractivity contribution in [3.05, 3.63) is 51.4 Å². The molecule has 2 rings (SSSR count). The van der Waals surface area contributed by atoms with Crippen molar-refractivity contribution >= 4 is 40.4 Å². The van der Waals surface area contributed by atoms with Gasteiger partial charge in [-0.3, -0.25) is 9.59 Å². The zero-order valence-corrected chi connectivity index (χ0v) is 11.7. The highest BCUT2D eigenvalue weighted by Crippen LogP contribution is 2.19. The van der Waals surface area contributed by atoms with Gasteiger partial charge in [0.2, 0.25) is 0 Å². The van der Waals surface area contributed by atoms with Crippen molar-refractivity contribution < 1.29 is 14.0 Å². The molecular formula is C13H10ClFN2O2S. The Balaban J connectivity index is 1.90. The zero-order valence-electron chi connectivity index (χ0n) is 10.2. The maximum atomic E-state index is 12.9. The second-order valence-electron chi connectivity index (χ2n) is 3.90. The van der Waals surface area contributed by atoms with Crippen molar-refractivity contribution in [1.82, 2.24) is 5.32 Å². The molecule has 0 atom stereocenters. The average Bonchev–Trinajstić information content (AvgIpc) is 2.93. The third-order valence-corrected chi connectivity index (χ3v) is 3.44. The molecule has 7 heteroatoms. The second kappa shape index (κ2) is 6.49. The van der Waals surface area contributed by atoms with E-state index in [0.717, 1.165) is 11.6 Å². The molecule has 0 fully saturated rings. The van der Waals surface area contributed by atoms with Crippen LogP contribution in [0.1, 0.15) is 5.56 Å². The van der Waals surface area contributed by atoms with E-state index in [1.54, 1.807) is 0 Å². The molecule has 0 aliphatic carbocycles. The smallest absolute Gasteiger partial charge is 0.313 e. The fourth-order valence-corrected chi connectivity index (χ4v) is 2.27. The number of nitrogens with one attached hydrogen (secondary N) is 2. The van der Waals surface area contributed by atoms with Crippen LogP contribution in [0.15, 0.2) is 35.0 Å². The summed E-state index contributed by atoms with van der Waals surface area (Å²) in [5.41, 5.74) is 1.17. The lowest BCUT2D eigenvalue weighted by molar-refractivity contribution is -0.136. The first kappa shape index (κ1) is 14.5. The first-order valence-electron chi connectivity index (χ1n) is 5.61. The molecule has 0 saturated heterocycles. The maximum Gasteiger partial charge on any atom is 0.313 e. The quantitative estimate of drug-likeness (QED) is 0.856. The van der Waals surface area contributed by atoms with E-state index in [-0.39, 0.29) is 17.3 Å². The van der Waals surface area contributed by atoms with Gasteiger partial charge in [0.25, 0.3) is 0 Å². The van der Waals surface area contributed by atoms with Gasteiger partial charge in [0.1, 0.15) is 5.82 Å². The van der Waals surface area contributed by atoms with Crippen LogP contribution in [0.25, 0.3) is 0 Å². The van der Waals surface area contributed by atoms with Gasteiger partial charge in [0.15, 0.2) is 0 Å². The molecule has 2 amide bonds. The molecule has 0 aliphatic heterocycles. The number of carbonyl (C=O) groups excluding carboxylic acids is 2. The van der Waals surface area contributed by atoms with Crippen LogP contribution in [0, 0.1) is 5.82 Å². The monoisotopic (exact) mass is 312 g/mol. The second-order valence-corrected chi connectivity index (χ2v) is 5.08. The number of thiophene rings is 1. The Bertz CT molecular complexity index is 631. The molecule has 2 aromatic rings. The Morgan fingerprint density at radius 2 is 2.05 bits per heavy atom. The lowest BCUT2D eigenvalue weighted by Gasteiger charge is -2.06.